The highest BCUT2D eigenvalue weighted by Crippen LogP contribution is 2.36. The van der Waals surface area contributed by atoms with E-state index in [0.29, 0.717) is 5.75 Å². The summed E-state index contributed by atoms with van der Waals surface area (Å²) in [5.41, 5.74) is 2.67. The number of rotatable bonds is 1. The lowest BCUT2D eigenvalue weighted by Gasteiger charge is -2.02. The second-order valence-corrected chi connectivity index (χ2v) is 4.99. The summed E-state index contributed by atoms with van der Waals surface area (Å²) >= 11 is 1.60. The zero-order valence-electron chi connectivity index (χ0n) is 9.34. The summed E-state index contributed by atoms with van der Waals surface area (Å²) in [6.07, 6.45) is 0. The van der Waals surface area contributed by atoms with Crippen molar-refractivity contribution >= 4 is 21.6 Å². The summed E-state index contributed by atoms with van der Waals surface area (Å²) in [6, 6.07) is 13.7. The molecule has 1 heterocycles. The van der Waals surface area contributed by atoms with E-state index in [0.717, 1.165) is 26.4 Å². The number of aromatic nitrogens is 1. The first-order chi connectivity index (χ1) is 8.25. The van der Waals surface area contributed by atoms with E-state index in [1.807, 2.05) is 49.4 Å². The summed E-state index contributed by atoms with van der Waals surface area (Å²) in [5.74, 6) is 0.326. The number of aryl methyl sites for hydroxylation is 1. The van der Waals surface area contributed by atoms with E-state index in [4.69, 9.17) is 0 Å². The third kappa shape index (κ3) is 1.68. The molecule has 17 heavy (non-hydrogen) atoms. The molecular weight excluding hydrogens is 230 g/mol. The van der Waals surface area contributed by atoms with Crippen LogP contribution in [0.4, 0.5) is 0 Å². The number of thiazole rings is 1. The molecule has 0 unspecified atom stereocenters. The molecule has 0 amide bonds. The van der Waals surface area contributed by atoms with Crippen LogP contribution in [0.5, 0.6) is 5.75 Å². The van der Waals surface area contributed by atoms with Gasteiger partial charge in [0.25, 0.3) is 0 Å². The highest BCUT2D eigenvalue weighted by atomic mass is 32.1. The fraction of sp³-hybridized carbons (Fsp3) is 0.0714. The molecule has 0 atom stereocenters. The third-order valence-corrected chi connectivity index (χ3v) is 3.83. The number of fused-ring (bicyclic) bond motifs is 1. The Morgan fingerprint density at radius 3 is 2.71 bits per heavy atom. The SMILES string of the molecule is Cc1cccc(-c2nc3ccccc3s2)c1O. The molecule has 1 aromatic heterocycles. The smallest absolute Gasteiger partial charge is 0.128 e. The molecule has 0 aliphatic heterocycles. The van der Waals surface area contributed by atoms with E-state index < -0.39 is 0 Å². The Morgan fingerprint density at radius 2 is 1.88 bits per heavy atom. The van der Waals surface area contributed by atoms with Crippen molar-refractivity contribution in [1.82, 2.24) is 4.98 Å². The van der Waals surface area contributed by atoms with Gasteiger partial charge in [0.05, 0.1) is 15.8 Å². The quantitative estimate of drug-likeness (QED) is 0.699. The van der Waals surface area contributed by atoms with Gasteiger partial charge in [-0.25, -0.2) is 4.98 Å². The molecule has 0 fully saturated rings. The van der Waals surface area contributed by atoms with Crippen LogP contribution in [0.1, 0.15) is 5.56 Å². The van der Waals surface area contributed by atoms with E-state index in [1.54, 1.807) is 11.3 Å². The van der Waals surface area contributed by atoms with E-state index in [9.17, 15) is 5.11 Å². The fourth-order valence-electron chi connectivity index (χ4n) is 1.82. The second-order valence-electron chi connectivity index (χ2n) is 3.96. The van der Waals surface area contributed by atoms with Crippen molar-refractivity contribution in [2.24, 2.45) is 0 Å². The minimum Gasteiger partial charge on any atom is -0.507 e. The number of phenolic OH excluding ortho intramolecular Hbond substituents is 1. The molecule has 0 aliphatic rings. The third-order valence-electron chi connectivity index (χ3n) is 2.76. The van der Waals surface area contributed by atoms with Crippen LogP contribution in [0.3, 0.4) is 0 Å². The number of hydrogen-bond donors (Lipinski definition) is 1. The van der Waals surface area contributed by atoms with Crippen LogP contribution in [0.15, 0.2) is 42.5 Å². The highest BCUT2D eigenvalue weighted by molar-refractivity contribution is 7.21. The number of para-hydroxylation sites is 2. The van der Waals surface area contributed by atoms with Crippen molar-refractivity contribution in [2.45, 2.75) is 6.92 Å². The standard InChI is InChI=1S/C14H11NOS/c1-9-5-4-6-10(13(9)16)14-15-11-7-2-3-8-12(11)17-14/h2-8,16H,1H3. The highest BCUT2D eigenvalue weighted by Gasteiger charge is 2.10. The Morgan fingerprint density at radius 1 is 1.06 bits per heavy atom. The minimum absolute atomic E-state index is 0.326. The predicted molar refractivity (Wildman–Crippen MR) is 71.5 cm³/mol. The Balaban J connectivity index is 2.24. The average molecular weight is 241 g/mol. The first-order valence-corrected chi connectivity index (χ1v) is 6.22. The van der Waals surface area contributed by atoms with Gasteiger partial charge in [-0.05, 0) is 30.7 Å². The molecule has 0 saturated carbocycles. The molecule has 1 N–H and O–H groups in total. The summed E-state index contributed by atoms with van der Waals surface area (Å²) in [7, 11) is 0. The lowest BCUT2D eigenvalue weighted by atomic mass is 10.1. The Kier molecular flexibility index (Phi) is 2.34. The first kappa shape index (κ1) is 10.3. The molecular formula is C14H11NOS. The predicted octanol–water partition coefficient (Wildman–Crippen LogP) is 3.98. The van der Waals surface area contributed by atoms with Crippen molar-refractivity contribution in [3.05, 3.63) is 48.0 Å². The average Bonchev–Trinajstić information content (AvgIpc) is 2.76. The van der Waals surface area contributed by atoms with E-state index in [2.05, 4.69) is 4.98 Å². The van der Waals surface area contributed by atoms with Gasteiger partial charge in [-0.3, -0.25) is 0 Å². The lowest BCUT2D eigenvalue weighted by Crippen LogP contribution is -1.80. The summed E-state index contributed by atoms with van der Waals surface area (Å²) in [5, 5.41) is 10.9. The van der Waals surface area contributed by atoms with Gasteiger partial charge < -0.3 is 5.11 Å². The van der Waals surface area contributed by atoms with Crippen molar-refractivity contribution < 1.29 is 5.11 Å². The van der Waals surface area contributed by atoms with Crippen molar-refractivity contribution in [3.63, 3.8) is 0 Å². The van der Waals surface area contributed by atoms with Gasteiger partial charge in [0.1, 0.15) is 10.8 Å². The van der Waals surface area contributed by atoms with E-state index in [1.165, 1.54) is 0 Å². The van der Waals surface area contributed by atoms with Crippen LogP contribution >= 0.6 is 11.3 Å². The Labute approximate surface area is 103 Å². The molecule has 0 spiro atoms. The van der Waals surface area contributed by atoms with Crippen LogP contribution in [-0.2, 0) is 0 Å². The number of aromatic hydroxyl groups is 1. The molecule has 2 nitrogen and oxygen atoms in total. The normalized spacial score (nSPS) is 10.9. The topological polar surface area (TPSA) is 33.1 Å². The van der Waals surface area contributed by atoms with Gasteiger partial charge in [0.2, 0.25) is 0 Å². The molecule has 84 valence electrons. The molecule has 3 aromatic rings. The maximum Gasteiger partial charge on any atom is 0.128 e. The Hall–Kier alpha value is -1.87. The summed E-state index contributed by atoms with van der Waals surface area (Å²) < 4.78 is 1.14. The van der Waals surface area contributed by atoms with Crippen molar-refractivity contribution in [1.29, 1.82) is 0 Å². The van der Waals surface area contributed by atoms with Crippen LogP contribution in [0, 0.1) is 6.92 Å². The molecule has 0 aliphatic carbocycles. The van der Waals surface area contributed by atoms with Crippen molar-refractivity contribution in [2.75, 3.05) is 0 Å². The largest absolute Gasteiger partial charge is 0.507 e. The number of benzene rings is 2. The van der Waals surface area contributed by atoms with Gasteiger partial charge in [-0.15, -0.1) is 11.3 Å². The van der Waals surface area contributed by atoms with E-state index >= 15 is 0 Å². The number of nitrogens with zero attached hydrogens (tertiary/aromatic N) is 1. The molecule has 0 saturated heterocycles. The van der Waals surface area contributed by atoms with Gasteiger partial charge in [0.15, 0.2) is 0 Å². The minimum atomic E-state index is 0.326. The Bertz CT molecular complexity index is 655. The molecule has 0 radical (unpaired) electrons. The van der Waals surface area contributed by atoms with Gasteiger partial charge in [-0.2, -0.15) is 0 Å². The monoisotopic (exact) mass is 241 g/mol. The van der Waals surface area contributed by atoms with Crippen LogP contribution in [0.2, 0.25) is 0 Å². The van der Waals surface area contributed by atoms with Gasteiger partial charge in [-0.1, -0.05) is 24.3 Å². The zero-order valence-corrected chi connectivity index (χ0v) is 10.2. The second kappa shape index (κ2) is 3.86. The molecule has 0 bridgehead atoms. The first-order valence-electron chi connectivity index (χ1n) is 5.40. The number of phenols is 1. The van der Waals surface area contributed by atoms with Crippen LogP contribution in [-0.4, -0.2) is 10.1 Å². The fourth-order valence-corrected chi connectivity index (χ4v) is 2.81. The van der Waals surface area contributed by atoms with Gasteiger partial charge in [0, 0.05) is 0 Å². The summed E-state index contributed by atoms with van der Waals surface area (Å²) in [6.45, 7) is 1.89. The van der Waals surface area contributed by atoms with E-state index in [-0.39, 0.29) is 0 Å². The summed E-state index contributed by atoms with van der Waals surface area (Å²) in [4.78, 5) is 4.54. The molecule has 3 rings (SSSR count). The van der Waals surface area contributed by atoms with Gasteiger partial charge >= 0.3 is 0 Å². The lowest BCUT2D eigenvalue weighted by molar-refractivity contribution is 0.473. The van der Waals surface area contributed by atoms with Crippen LogP contribution in [0.25, 0.3) is 20.8 Å². The molecule has 2 aromatic carbocycles. The van der Waals surface area contributed by atoms with Crippen LogP contribution < -0.4 is 0 Å². The van der Waals surface area contributed by atoms with Crippen molar-refractivity contribution in [3.8, 4) is 16.3 Å². The maximum atomic E-state index is 10.0. The zero-order chi connectivity index (χ0) is 11.8. The molecule has 3 heteroatoms. The maximum absolute atomic E-state index is 10.0. The number of hydrogen-bond acceptors (Lipinski definition) is 3.